The molecule has 1 aromatic heterocycles. The lowest BCUT2D eigenvalue weighted by atomic mass is 10.0. The number of aromatic nitrogens is 2. The number of guanidine groups is 1. The molecular formula is C19H30ClN5O. The Morgan fingerprint density at radius 3 is 2.38 bits per heavy atom. The predicted octanol–water partition coefficient (Wildman–Crippen LogP) is 4.40. The Kier molecular flexibility index (Phi) is 9.73. The number of benzene rings is 1. The average molecular weight is 380 g/mol. The molecule has 0 spiro atoms. The Morgan fingerprint density at radius 2 is 1.73 bits per heavy atom. The van der Waals surface area contributed by atoms with Gasteiger partial charge in [0.2, 0.25) is 5.82 Å². The van der Waals surface area contributed by atoms with Gasteiger partial charge in [-0.2, -0.15) is 4.98 Å². The molecule has 4 N–H and O–H groups in total. The smallest absolute Gasteiger partial charge is 0.251 e. The van der Waals surface area contributed by atoms with Gasteiger partial charge in [0.1, 0.15) is 6.04 Å². The van der Waals surface area contributed by atoms with E-state index in [2.05, 4.69) is 34.2 Å². The van der Waals surface area contributed by atoms with E-state index >= 15 is 0 Å². The number of aryl methyl sites for hydroxylation is 1. The standard InChI is InChI=1S/C19H29N5O.ClH/c1-3-4-5-6-7-8-9-15-10-12-16(13-11-15)17-23-18(25-24-17)14(2)22-19(20)21;/h10-14H,3-9H2,1-2H3,(H4,20,21,22);1H/t14-;/m0./s1. The summed E-state index contributed by atoms with van der Waals surface area (Å²) in [5, 5.41) is 4.01. The fourth-order valence-electron chi connectivity index (χ4n) is 2.73. The molecule has 0 radical (unpaired) electrons. The molecule has 1 heterocycles. The maximum Gasteiger partial charge on any atom is 0.251 e. The topological polar surface area (TPSA) is 103 Å². The third-order valence-electron chi connectivity index (χ3n) is 4.17. The van der Waals surface area contributed by atoms with E-state index in [-0.39, 0.29) is 24.4 Å². The number of hydrogen-bond acceptors (Lipinski definition) is 4. The quantitative estimate of drug-likeness (QED) is 0.362. The van der Waals surface area contributed by atoms with E-state index in [9.17, 15) is 0 Å². The van der Waals surface area contributed by atoms with Gasteiger partial charge in [-0.3, -0.25) is 0 Å². The Morgan fingerprint density at radius 1 is 1.08 bits per heavy atom. The lowest BCUT2D eigenvalue weighted by molar-refractivity contribution is 0.362. The van der Waals surface area contributed by atoms with Crippen molar-refractivity contribution in [1.29, 1.82) is 0 Å². The lowest BCUT2D eigenvalue weighted by Crippen LogP contribution is -2.23. The summed E-state index contributed by atoms with van der Waals surface area (Å²) in [6.45, 7) is 4.05. The zero-order valence-electron chi connectivity index (χ0n) is 15.6. The van der Waals surface area contributed by atoms with Crippen molar-refractivity contribution < 1.29 is 4.52 Å². The molecule has 7 heteroatoms. The molecule has 1 aromatic carbocycles. The molecule has 2 aromatic rings. The summed E-state index contributed by atoms with van der Waals surface area (Å²) in [5.74, 6) is 0.963. The van der Waals surface area contributed by atoms with Crippen LogP contribution in [0.5, 0.6) is 0 Å². The van der Waals surface area contributed by atoms with Crippen LogP contribution in [0.25, 0.3) is 11.4 Å². The fourth-order valence-corrected chi connectivity index (χ4v) is 2.73. The summed E-state index contributed by atoms with van der Waals surface area (Å²) in [7, 11) is 0. The molecule has 0 saturated heterocycles. The van der Waals surface area contributed by atoms with Gasteiger partial charge >= 0.3 is 0 Å². The van der Waals surface area contributed by atoms with Crippen LogP contribution in [0, 0.1) is 0 Å². The minimum Gasteiger partial charge on any atom is -0.370 e. The summed E-state index contributed by atoms with van der Waals surface area (Å²) >= 11 is 0. The molecule has 0 aliphatic heterocycles. The molecular weight excluding hydrogens is 350 g/mol. The Bertz CT molecular complexity index is 665. The first-order valence-corrected chi connectivity index (χ1v) is 9.11. The maximum atomic E-state index is 5.38. The highest BCUT2D eigenvalue weighted by molar-refractivity contribution is 5.85. The summed E-state index contributed by atoms with van der Waals surface area (Å²) in [6.07, 6.45) is 9.00. The third kappa shape index (κ3) is 7.04. The second kappa shape index (κ2) is 11.5. The van der Waals surface area contributed by atoms with Crippen molar-refractivity contribution >= 4 is 18.4 Å². The molecule has 0 fully saturated rings. The van der Waals surface area contributed by atoms with E-state index in [4.69, 9.17) is 16.0 Å². The number of rotatable bonds is 10. The van der Waals surface area contributed by atoms with E-state index < -0.39 is 0 Å². The van der Waals surface area contributed by atoms with Gasteiger partial charge in [-0.05, 0) is 25.3 Å². The molecule has 1 atom stereocenters. The first kappa shape index (κ1) is 22.0. The fraction of sp³-hybridized carbons (Fsp3) is 0.526. The maximum absolute atomic E-state index is 5.38. The van der Waals surface area contributed by atoms with Gasteiger partial charge < -0.3 is 16.0 Å². The molecule has 6 nitrogen and oxygen atoms in total. The number of aliphatic imine (C=N–C) groups is 1. The molecule has 0 aliphatic rings. The molecule has 0 amide bonds. The van der Waals surface area contributed by atoms with Gasteiger partial charge in [-0.1, -0.05) is 68.4 Å². The van der Waals surface area contributed by atoms with Crippen molar-refractivity contribution in [2.45, 2.75) is 64.8 Å². The second-order valence-corrected chi connectivity index (χ2v) is 6.40. The predicted molar refractivity (Wildman–Crippen MR) is 108 cm³/mol. The average Bonchev–Trinajstić information content (AvgIpc) is 3.08. The highest BCUT2D eigenvalue weighted by Crippen LogP contribution is 2.21. The van der Waals surface area contributed by atoms with Crippen molar-refractivity contribution in [3.05, 3.63) is 35.7 Å². The SMILES string of the molecule is CCCCCCCCc1ccc(-c2noc([C@H](C)N=C(N)N)n2)cc1.Cl. The van der Waals surface area contributed by atoms with Crippen LogP contribution in [0.15, 0.2) is 33.8 Å². The molecule has 144 valence electrons. The van der Waals surface area contributed by atoms with Crippen LogP contribution in [0.2, 0.25) is 0 Å². The number of nitrogens with zero attached hydrogens (tertiary/aromatic N) is 3. The summed E-state index contributed by atoms with van der Waals surface area (Å²) in [4.78, 5) is 8.38. The van der Waals surface area contributed by atoms with Crippen molar-refractivity contribution in [2.75, 3.05) is 0 Å². The number of nitrogens with two attached hydrogens (primary N) is 2. The van der Waals surface area contributed by atoms with Crippen molar-refractivity contribution in [3.63, 3.8) is 0 Å². The molecule has 2 rings (SSSR count). The minimum atomic E-state index is -0.349. The van der Waals surface area contributed by atoms with Crippen molar-refractivity contribution in [1.82, 2.24) is 10.1 Å². The second-order valence-electron chi connectivity index (χ2n) is 6.40. The van der Waals surface area contributed by atoms with E-state index in [1.807, 2.05) is 12.1 Å². The van der Waals surface area contributed by atoms with Gasteiger partial charge in [0.05, 0.1) is 0 Å². The Balaban J connectivity index is 0.00000338. The van der Waals surface area contributed by atoms with Gasteiger partial charge in [0.15, 0.2) is 5.96 Å². The number of halogens is 1. The van der Waals surface area contributed by atoms with E-state index in [1.54, 1.807) is 6.92 Å². The molecule has 26 heavy (non-hydrogen) atoms. The van der Waals surface area contributed by atoms with E-state index in [0.29, 0.717) is 11.7 Å². The highest BCUT2D eigenvalue weighted by atomic mass is 35.5. The normalized spacial score (nSPS) is 11.6. The van der Waals surface area contributed by atoms with Gasteiger partial charge in [0, 0.05) is 5.56 Å². The minimum absolute atomic E-state index is 0. The van der Waals surface area contributed by atoms with Crippen LogP contribution in [-0.4, -0.2) is 16.1 Å². The van der Waals surface area contributed by atoms with Crippen LogP contribution < -0.4 is 11.5 Å². The van der Waals surface area contributed by atoms with E-state index in [0.717, 1.165) is 12.0 Å². The molecule has 0 saturated carbocycles. The summed E-state index contributed by atoms with van der Waals surface area (Å²) in [6, 6.07) is 7.99. The van der Waals surface area contributed by atoms with Gasteiger partial charge in [0.25, 0.3) is 5.89 Å². The van der Waals surface area contributed by atoms with Crippen LogP contribution >= 0.6 is 12.4 Å². The van der Waals surface area contributed by atoms with Crippen LogP contribution in [0.1, 0.15) is 69.9 Å². The van der Waals surface area contributed by atoms with Gasteiger partial charge in [-0.15, -0.1) is 12.4 Å². The van der Waals surface area contributed by atoms with Crippen LogP contribution in [0.3, 0.4) is 0 Å². The molecule has 0 aliphatic carbocycles. The van der Waals surface area contributed by atoms with Crippen molar-refractivity contribution in [2.24, 2.45) is 16.5 Å². The molecule has 0 unspecified atom stereocenters. The monoisotopic (exact) mass is 379 g/mol. The Hall–Kier alpha value is -2.08. The van der Waals surface area contributed by atoms with Crippen LogP contribution in [-0.2, 0) is 6.42 Å². The number of unbranched alkanes of at least 4 members (excludes halogenated alkanes) is 5. The zero-order chi connectivity index (χ0) is 18.1. The highest BCUT2D eigenvalue weighted by Gasteiger charge is 2.14. The Labute approximate surface area is 161 Å². The number of hydrogen-bond donors (Lipinski definition) is 2. The third-order valence-corrected chi connectivity index (χ3v) is 4.17. The first-order chi connectivity index (χ1) is 12.1. The van der Waals surface area contributed by atoms with Gasteiger partial charge in [-0.25, -0.2) is 4.99 Å². The van der Waals surface area contributed by atoms with E-state index in [1.165, 1.54) is 44.1 Å². The summed E-state index contributed by atoms with van der Waals surface area (Å²) in [5.41, 5.74) is 13.0. The lowest BCUT2D eigenvalue weighted by Gasteiger charge is -2.03. The molecule has 0 bridgehead atoms. The van der Waals surface area contributed by atoms with Crippen LogP contribution in [0.4, 0.5) is 0 Å². The summed E-state index contributed by atoms with van der Waals surface area (Å²) < 4.78 is 5.24. The zero-order valence-corrected chi connectivity index (χ0v) is 16.5. The first-order valence-electron chi connectivity index (χ1n) is 9.11. The van der Waals surface area contributed by atoms with Crippen molar-refractivity contribution in [3.8, 4) is 11.4 Å². The largest absolute Gasteiger partial charge is 0.370 e.